The molecule has 0 saturated heterocycles. The van der Waals surface area contributed by atoms with Crippen molar-refractivity contribution >= 4 is 5.82 Å². The maximum Gasteiger partial charge on any atom is 0.146 e. The van der Waals surface area contributed by atoms with E-state index in [4.69, 9.17) is 0 Å². The Kier molecular flexibility index (Phi) is 2.93. The summed E-state index contributed by atoms with van der Waals surface area (Å²) in [6.07, 6.45) is 7.89. The fraction of sp³-hybridized carbons (Fsp3) is 0.600. The molecule has 1 saturated carbocycles. The highest BCUT2D eigenvalue weighted by molar-refractivity contribution is 5.33. The number of likely N-dealkylation sites (N-methyl/N-ethyl adjacent to an activating group) is 1. The maximum absolute atomic E-state index is 4.23. The van der Waals surface area contributed by atoms with Crippen molar-refractivity contribution < 1.29 is 0 Å². The van der Waals surface area contributed by atoms with Crippen LogP contribution < -0.4 is 10.2 Å². The quantitative estimate of drug-likeness (QED) is 0.744. The SMILES string of the molecule is CN(CCNC1CC1)c1cnccn1. The topological polar surface area (TPSA) is 41.0 Å². The van der Waals surface area contributed by atoms with Gasteiger partial charge in [-0.05, 0) is 12.8 Å². The second-order valence-corrected chi connectivity index (χ2v) is 3.71. The first-order valence-electron chi connectivity index (χ1n) is 5.07. The Morgan fingerprint density at radius 3 is 3.00 bits per heavy atom. The van der Waals surface area contributed by atoms with Gasteiger partial charge in [0.05, 0.1) is 6.20 Å². The predicted octanol–water partition coefficient (Wildman–Crippen LogP) is 0.665. The summed E-state index contributed by atoms with van der Waals surface area (Å²) in [6, 6.07) is 0.783. The zero-order valence-corrected chi connectivity index (χ0v) is 8.48. The van der Waals surface area contributed by atoms with Crippen molar-refractivity contribution in [2.75, 3.05) is 25.0 Å². The minimum absolute atomic E-state index is 0.783. The largest absolute Gasteiger partial charge is 0.357 e. The fourth-order valence-corrected chi connectivity index (χ4v) is 1.33. The molecule has 4 heteroatoms. The van der Waals surface area contributed by atoms with E-state index in [0.29, 0.717) is 0 Å². The van der Waals surface area contributed by atoms with Gasteiger partial charge >= 0.3 is 0 Å². The normalized spacial score (nSPS) is 15.5. The molecular weight excluding hydrogens is 176 g/mol. The number of anilines is 1. The van der Waals surface area contributed by atoms with Gasteiger partial charge in [0.15, 0.2) is 0 Å². The summed E-state index contributed by atoms with van der Waals surface area (Å²) in [4.78, 5) is 10.4. The van der Waals surface area contributed by atoms with Crippen LogP contribution in [-0.2, 0) is 0 Å². The van der Waals surface area contributed by atoms with Gasteiger partial charge in [-0.2, -0.15) is 0 Å². The van der Waals surface area contributed by atoms with E-state index >= 15 is 0 Å². The average Bonchev–Trinajstić information content (AvgIpc) is 3.03. The third-order valence-corrected chi connectivity index (χ3v) is 2.40. The van der Waals surface area contributed by atoms with Crippen molar-refractivity contribution in [3.63, 3.8) is 0 Å². The highest BCUT2D eigenvalue weighted by Gasteiger charge is 2.19. The van der Waals surface area contributed by atoms with Crippen LogP contribution in [0.5, 0.6) is 0 Å². The summed E-state index contributed by atoms with van der Waals surface area (Å²) in [5, 5.41) is 3.47. The van der Waals surface area contributed by atoms with Gasteiger partial charge in [0, 0.05) is 38.6 Å². The number of nitrogens with one attached hydrogen (secondary N) is 1. The van der Waals surface area contributed by atoms with Gasteiger partial charge in [0.2, 0.25) is 0 Å². The van der Waals surface area contributed by atoms with Crippen LogP contribution in [0.15, 0.2) is 18.6 Å². The van der Waals surface area contributed by atoms with E-state index in [1.807, 2.05) is 7.05 Å². The van der Waals surface area contributed by atoms with Gasteiger partial charge in [0.1, 0.15) is 5.82 Å². The second kappa shape index (κ2) is 4.37. The predicted molar refractivity (Wildman–Crippen MR) is 56.3 cm³/mol. The van der Waals surface area contributed by atoms with Gasteiger partial charge < -0.3 is 10.2 Å². The molecule has 0 radical (unpaired) electrons. The number of hydrogen-bond acceptors (Lipinski definition) is 4. The highest BCUT2D eigenvalue weighted by atomic mass is 15.2. The molecule has 0 spiro atoms. The Hall–Kier alpha value is -1.16. The van der Waals surface area contributed by atoms with Crippen LogP contribution in [0.25, 0.3) is 0 Å². The molecule has 0 aromatic carbocycles. The van der Waals surface area contributed by atoms with E-state index in [1.54, 1.807) is 18.6 Å². The van der Waals surface area contributed by atoms with Gasteiger partial charge in [-0.1, -0.05) is 0 Å². The molecule has 2 rings (SSSR count). The van der Waals surface area contributed by atoms with Crippen molar-refractivity contribution in [3.05, 3.63) is 18.6 Å². The minimum atomic E-state index is 0.783. The Morgan fingerprint density at radius 2 is 2.36 bits per heavy atom. The molecule has 76 valence electrons. The van der Waals surface area contributed by atoms with Crippen LogP contribution in [0.1, 0.15) is 12.8 Å². The van der Waals surface area contributed by atoms with E-state index in [-0.39, 0.29) is 0 Å². The first kappa shape index (κ1) is 9.40. The lowest BCUT2D eigenvalue weighted by Crippen LogP contribution is -2.30. The standard InChI is InChI=1S/C10H16N4/c1-14(7-6-12-9-2-3-9)10-8-11-4-5-13-10/h4-5,8-9,12H,2-3,6-7H2,1H3. The van der Waals surface area contributed by atoms with Gasteiger partial charge in [0.25, 0.3) is 0 Å². The summed E-state index contributed by atoms with van der Waals surface area (Å²) in [5.74, 6) is 0.935. The molecule has 1 heterocycles. The van der Waals surface area contributed by atoms with Crippen LogP contribution in [0.3, 0.4) is 0 Å². The Labute approximate surface area is 84.4 Å². The molecule has 4 nitrogen and oxygen atoms in total. The van der Waals surface area contributed by atoms with Gasteiger partial charge in [-0.15, -0.1) is 0 Å². The van der Waals surface area contributed by atoms with E-state index < -0.39 is 0 Å². The van der Waals surface area contributed by atoms with Crippen LogP contribution in [0.4, 0.5) is 5.82 Å². The molecule has 1 aromatic rings. The molecule has 0 amide bonds. The van der Waals surface area contributed by atoms with Gasteiger partial charge in [-0.25, -0.2) is 4.98 Å². The molecule has 1 fully saturated rings. The Morgan fingerprint density at radius 1 is 1.50 bits per heavy atom. The highest BCUT2D eigenvalue weighted by Crippen LogP contribution is 2.18. The van der Waals surface area contributed by atoms with Crippen molar-refractivity contribution in [2.45, 2.75) is 18.9 Å². The van der Waals surface area contributed by atoms with Crippen molar-refractivity contribution in [2.24, 2.45) is 0 Å². The monoisotopic (exact) mass is 192 g/mol. The molecule has 0 unspecified atom stereocenters. The van der Waals surface area contributed by atoms with Gasteiger partial charge in [-0.3, -0.25) is 4.98 Å². The Balaban J connectivity index is 1.74. The second-order valence-electron chi connectivity index (χ2n) is 3.71. The van der Waals surface area contributed by atoms with E-state index in [2.05, 4.69) is 20.2 Å². The summed E-state index contributed by atoms with van der Waals surface area (Å²) in [6.45, 7) is 2.01. The van der Waals surface area contributed by atoms with E-state index in [9.17, 15) is 0 Å². The molecule has 14 heavy (non-hydrogen) atoms. The maximum atomic E-state index is 4.23. The van der Waals surface area contributed by atoms with E-state index in [0.717, 1.165) is 24.9 Å². The summed E-state index contributed by atoms with van der Waals surface area (Å²) in [7, 11) is 2.04. The average molecular weight is 192 g/mol. The lowest BCUT2D eigenvalue weighted by Gasteiger charge is -2.17. The number of rotatable bonds is 5. The van der Waals surface area contributed by atoms with Crippen LogP contribution in [-0.4, -0.2) is 36.1 Å². The number of hydrogen-bond donors (Lipinski definition) is 1. The van der Waals surface area contributed by atoms with Crippen molar-refractivity contribution in [1.82, 2.24) is 15.3 Å². The zero-order chi connectivity index (χ0) is 9.80. The summed E-state index contributed by atoms with van der Waals surface area (Å²) >= 11 is 0. The zero-order valence-electron chi connectivity index (χ0n) is 8.48. The van der Waals surface area contributed by atoms with Crippen molar-refractivity contribution in [1.29, 1.82) is 0 Å². The molecular formula is C10H16N4. The first-order valence-corrected chi connectivity index (χ1v) is 5.07. The summed E-state index contributed by atoms with van der Waals surface area (Å²) in [5.41, 5.74) is 0. The molecule has 0 bridgehead atoms. The molecule has 1 aliphatic rings. The van der Waals surface area contributed by atoms with E-state index in [1.165, 1.54) is 12.8 Å². The molecule has 1 N–H and O–H groups in total. The third kappa shape index (κ3) is 2.67. The molecule has 0 aliphatic heterocycles. The first-order chi connectivity index (χ1) is 6.86. The molecule has 1 aliphatic carbocycles. The molecule has 0 atom stereocenters. The summed E-state index contributed by atoms with van der Waals surface area (Å²) < 4.78 is 0. The van der Waals surface area contributed by atoms with Crippen molar-refractivity contribution in [3.8, 4) is 0 Å². The third-order valence-electron chi connectivity index (χ3n) is 2.40. The number of aromatic nitrogens is 2. The lowest BCUT2D eigenvalue weighted by atomic mass is 10.5. The lowest BCUT2D eigenvalue weighted by molar-refractivity contribution is 0.672. The minimum Gasteiger partial charge on any atom is -0.357 e. The van der Waals surface area contributed by atoms with Crippen LogP contribution >= 0.6 is 0 Å². The Bertz CT molecular complexity index is 271. The van der Waals surface area contributed by atoms with Crippen LogP contribution in [0, 0.1) is 0 Å². The fourth-order valence-electron chi connectivity index (χ4n) is 1.33. The smallest absolute Gasteiger partial charge is 0.146 e. The van der Waals surface area contributed by atoms with Crippen LogP contribution in [0.2, 0.25) is 0 Å². The number of nitrogens with zero attached hydrogens (tertiary/aromatic N) is 3. The molecule has 1 aromatic heterocycles.